The van der Waals surface area contributed by atoms with Crippen molar-refractivity contribution in [1.29, 1.82) is 0 Å². The Morgan fingerprint density at radius 3 is 2.09 bits per heavy atom. The Balaban J connectivity index is 0.000000763. The number of nitro benzene ring substituents is 1. The molecule has 0 aliphatic rings. The highest BCUT2D eigenvalue weighted by molar-refractivity contribution is 5.80. The Labute approximate surface area is 126 Å². The predicted octanol–water partition coefficient (Wildman–Crippen LogP) is 2.97. The summed E-state index contributed by atoms with van der Waals surface area (Å²) in [7, 11) is 0. The molecular formula is C14H18FNO6. The Kier molecular flexibility index (Phi) is 7.14. The number of hydrogen-bond donors (Lipinski definition) is 2. The van der Waals surface area contributed by atoms with Crippen LogP contribution in [0.1, 0.15) is 39.2 Å². The second kappa shape index (κ2) is 8.06. The first-order chi connectivity index (χ1) is 10.1. The minimum atomic E-state index is -1.24. The molecule has 22 heavy (non-hydrogen) atoms. The smallest absolute Gasteiger partial charge is 0.313 e. The number of carboxylic acids is 2. The van der Waals surface area contributed by atoms with Crippen molar-refractivity contribution in [2.45, 2.75) is 39.0 Å². The van der Waals surface area contributed by atoms with E-state index in [1.54, 1.807) is 13.8 Å². The fourth-order valence-electron chi connectivity index (χ4n) is 1.48. The van der Waals surface area contributed by atoms with E-state index in [4.69, 9.17) is 10.2 Å². The summed E-state index contributed by atoms with van der Waals surface area (Å²) < 4.78 is 13.4. The molecule has 0 aliphatic carbocycles. The number of rotatable bonds is 5. The van der Waals surface area contributed by atoms with E-state index in [1.165, 1.54) is 13.0 Å². The van der Waals surface area contributed by atoms with Crippen LogP contribution in [0.2, 0.25) is 0 Å². The SMILES string of the molecule is CCC(=O)O.CCC(C)(C(=O)O)c1ccc([N+](=O)[O-])c(F)c1. The van der Waals surface area contributed by atoms with Crippen LogP contribution in [-0.2, 0) is 15.0 Å². The first-order valence-electron chi connectivity index (χ1n) is 6.49. The van der Waals surface area contributed by atoms with E-state index in [2.05, 4.69) is 0 Å². The summed E-state index contributed by atoms with van der Waals surface area (Å²) in [5.41, 5.74) is -1.68. The van der Waals surface area contributed by atoms with Gasteiger partial charge in [-0.25, -0.2) is 0 Å². The molecule has 122 valence electrons. The molecule has 0 saturated heterocycles. The quantitative estimate of drug-likeness (QED) is 0.637. The number of nitro groups is 1. The fraction of sp³-hybridized carbons (Fsp3) is 0.429. The molecule has 0 radical (unpaired) electrons. The maximum atomic E-state index is 13.4. The van der Waals surface area contributed by atoms with E-state index in [0.29, 0.717) is 0 Å². The van der Waals surface area contributed by atoms with E-state index in [1.807, 2.05) is 0 Å². The van der Waals surface area contributed by atoms with Crippen molar-refractivity contribution in [3.8, 4) is 0 Å². The van der Waals surface area contributed by atoms with Gasteiger partial charge in [0.15, 0.2) is 0 Å². The maximum Gasteiger partial charge on any atom is 0.313 e. The average molecular weight is 315 g/mol. The highest BCUT2D eigenvalue weighted by atomic mass is 19.1. The van der Waals surface area contributed by atoms with E-state index in [9.17, 15) is 24.1 Å². The number of aliphatic carboxylic acids is 2. The van der Waals surface area contributed by atoms with Crippen molar-refractivity contribution >= 4 is 17.6 Å². The Morgan fingerprint density at radius 1 is 1.32 bits per heavy atom. The minimum absolute atomic E-state index is 0.218. The van der Waals surface area contributed by atoms with Gasteiger partial charge in [-0.2, -0.15) is 4.39 Å². The van der Waals surface area contributed by atoms with E-state index < -0.39 is 33.8 Å². The predicted molar refractivity (Wildman–Crippen MR) is 76.3 cm³/mol. The molecule has 1 aromatic rings. The van der Waals surface area contributed by atoms with Gasteiger partial charge in [0.1, 0.15) is 0 Å². The molecule has 0 amide bonds. The van der Waals surface area contributed by atoms with Crippen molar-refractivity contribution in [2.24, 2.45) is 0 Å². The summed E-state index contributed by atoms with van der Waals surface area (Å²) in [5, 5.41) is 27.3. The number of carboxylic acid groups (broad SMARTS) is 2. The second-order valence-corrected chi connectivity index (χ2v) is 4.66. The normalized spacial score (nSPS) is 12.5. The summed E-state index contributed by atoms with van der Waals surface area (Å²) in [5.74, 6) is -2.85. The first kappa shape index (κ1) is 19.5. The molecule has 0 fully saturated rings. The van der Waals surface area contributed by atoms with Gasteiger partial charge in [-0.05, 0) is 25.0 Å². The monoisotopic (exact) mass is 315 g/mol. The molecule has 1 unspecified atom stereocenters. The van der Waals surface area contributed by atoms with Gasteiger partial charge in [0.05, 0.1) is 10.3 Å². The zero-order valence-electron chi connectivity index (χ0n) is 12.5. The molecule has 0 aromatic heterocycles. The van der Waals surface area contributed by atoms with Gasteiger partial charge >= 0.3 is 17.6 Å². The second-order valence-electron chi connectivity index (χ2n) is 4.66. The largest absolute Gasteiger partial charge is 0.481 e. The fourth-order valence-corrected chi connectivity index (χ4v) is 1.48. The zero-order chi connectivity index (χ0) is 17.5. The number of nitrogens with zero attached hydrogens (tertiary/aromatic N) is 1. The van der Waals surface area contributed by atoms with Gasteiger partial charge in [-0.15, -0.1) is 0 Å². The van der Waals surface area contributed by atoms with Gasteiger partial charge in [0.25, 0.3) is 0 Å². The summed E-state index contributed by atoms with van der Waals surface area (Å²) in [6, 6.07) is 3.18. The molecule has 0 heterocycles. The van der Waals surface area contributed by atoms with Crippen LogP contribution in [0.25, 0.3) is 0 Å². The standard InChI is InChI=1S/C11H12FNO4.C3H6O2/c1-3-11(2,10(14)15)7-4-5-9(13(16)17)8(12)6-7;1-2-3(4)5/h4-6H,3H2,1-2H3,(H,14,15);2H2,1H3,(H,4,5). The highest BCUT2D eigenvalue weighted by Gasteiger charge is 2.34. The molecule has 1 atom stereocenters. The van der Waals surface area contributed by atoms with E-state index in [-0.39, 0.29) is 18.4 Å². The Bertz CT molecular complexity index is 574. The first-order valence-corrected chi connectivity index (χ1v) is 6.49. The number of carbonyl (C=O) groups is 2. The van der Waals surface area contributed by atoms with Crippen molar-refractivity contribution in [1.82, 2.24) is 0 Å². The molecule has 0 aliphatic heterocycles. The Morgan fingerprint density at radius 2 is 1.82 bits per heavy atom. The van der Waals surface area contributed by atoms with Crippen LogP contribution in [-0.4, -0.2) is 27.1 Å². The number of hydrogen-bond acceptors (Lipinski definition) is 4. The summed E-state index contributed by atoms with van der Waals surface area (Å²) in [6.07, 6.45) is 0.486. The lowest BCUT2D eigenvalue weighted by Crippen LogP contribution is -2.31. The van der Waals surface area contributed by atoms with Crippen LogP contribution in [0.5, 0.6) is 0 Å². The third-order valence-electron chi connectivity index (χ3n) is 3.26. The number of benzene rings is 1. The van der Waals surface area contributed by atoms with Gasteiger partial charge in [0.2, 0.25) is 5.82 Å². The van der Waals surface area contributed by atoms with Crippen molar-refractivity contribution < 1.29 is 29.1 Å². The topological polar surface area (TPSA) is 118 Å². The third kappa shape index (κ3) is 4.80. The highest BCUT2D eigenvalue weighted by Crippen LogP contribution is 2.30. The lowest BCUT2D eigenvalue weighted by atomic mass is 9.80. The maximum absolute atomic E-state index is 13.4. The van der Waals surface area contributed by atoms with Gasteiger partial charge in [-0.3, -0.25) is 19.7 Å². The lowest BCUT2D eigenvalue weighted by molar-refractivity contribution is -0.387. The Hall–Kier alpha value is -2.51. The molecule has 0 bridgehead atoms. The van der Waals surface area contributed by atoms with Crippen LogP contribution >= 0.6 is 0 Å². The molecule has 1 rings (SSSR count). The van der Waals surface area contributed by atoms with Crippen LogP contribution in [0.4, 0.5) is 10.1 Å². The summed E-state index contributed by atoms with van der Waals surface area (Å²) >= 11 is 0. The molecule has 7 nitrogen and oxygen atoms in total. The lowest BCUT2D eigenvalue weighted by Gasteiger charge is -2.23. The van der Waals surface area contributed by atoms with Crippen LogP contribution < -0.4 is 0 Å². The minimum Gasteiger partial charge on any atom is -0.481 e. The van der Waals surface area contributed by atoms with Crippen LogP contribution in [0, 0.1) is 15.9 Å². The average Bonchev–Trinajstić information content (AvgIpc) is 2.46. The molecular weight excluding hydrogens is 297 g/mol. The number of halogens is 1. The van der Waals surface area contributed by atoms with Crippen molar-refractivity contribution in [2.75, 3.05) is 0 Å². The van der Waals surface area contributed by atoms with Crippen LogP contribution in [0.15, 0.2) is 18.2 Å². The van der Waals surface area contributed by atoms with Gasteiger partial charge in [0, 0.05) is 12.5 Å². The zero-order valence-corrected chi connectivity index (χ0v) is 12.5. The molecule has 1 aromatic carbocycles. The van der Waals surface area contributed by atoms with E-state index in [0.717, 1.165) is 12.1 Å². The van der Waals surface area contributed by atoms with Crippen molar-refractivity contribution in [3.63, 3.8) is 0 Å². The summed E-state index contributed by atoms with van der Waals surface area (Å²) in [6.45, 7) is 4.71. The van der Waals surface area contributed by atoms with Crippen LogP contribution in [0.3, 0.4) is 0 Å². The summed E-state index contributed by atoms with van der Waals surface area (Å²) in [4.78, 5) is 30.1. The molecule has 0 saturated carbocycles. The van der Waals surface area contributed by atoms with E-state index >= 15 is 0 Å². The third-order valence-corrected chi connectivity index (χ3v) is 3.26. The van der Waals surface area contributed by atoms with Gasteiger partial charge in [-0.1, -0.05) is 19.9 Å². The molecule has 8 heteroatoms. The van der Waals surface area contributed by atoms with Crippen molar-refractivity contribution in [3.05, 3.63) is 39.7 Å². The molecule has 0 spiro atoms. The molecule has 2 N–H and O–H groups in total. The van der Waals surface area contributed by atoms with Gasteiger partial charge < -0.3 is 10.2 Å².